The Balaban J connectivity index is 1.15. The van der Waals surface area contributed by atoms with E-state index in [0.29, 0.717) is 29.3 Å². The molecule has 0 spiro atoms. The lowest BCUT2D eigenvalue weighted by Crippen LogP contribution is -2.48. The number of hydrogen-bond acceptors (Lipinski definition) is 11. The summed E-state index contributed by atoms with van der Waals surface area (Å²) in [6.07, 6.45) is 4.52. The van der Waals surface area contributed by atoms with Crippen LogP contribution in [-0.4, -0.2) is 75.9 Å². The van der Waals surface area contributed by atoms with Crippen LogP contribution < -0.4 is 15.5 Å². The van der Waals surface area contributed by atoms with Crippen molar-refractivity contribution >= 4 is 34.3 Å². The molecule has 0 aliphatic carbocycles. The molecule has 2 aliphatic rings. The number of ether oxygens (including phenoxy) is 1. The number of benzene rings is 1. The summed E-state index contributed by atoms with van der Waals surface area (Å²) in [7, 11) is 0. The van der Waals surface area contributed by atoms with Crippen molar-refractivity contribution in [3.05, 3.63) is 53.7 Å². The molecule has 1 aromatic carbocycles. The van der Waals surface area contributed by atoms with Crippen LogP contribution in [0.2, 0.25) is 0 Å². The number of rotatable bonds is 8. The second kappa shape index (κ2) is 11.6. The van der Waals surface area contributed by atoms with Crippen molar-refractivity contribution in [3.8, 4) is 0 Å². The Hall–Kier alpha value is -3.83. The molecule has 3 aromatic heterocycles. The molecule has 0 amide bonds. The van der Waals surface area contributed by atoms with Crippen LogP contribution in [0.25, 0.3) is 11.0 Å². The van der Waals surface area contributed by atoms with Crippen LogP contribution >= 0.6 is 0 Å². The van der Waals surface area contributed by atoms with Gasteiger partial charge in [0.25, 0.3) is 0 Å². The molecule has 0 saturated carbocycles. The Morgan fingerprint density at radius 2 is 1.90 bits per heavy atom. The zero-order valence-corrected chi connectivity index (χ0v) is 24.4. The molecule has 2 saturated heterocycles. The molecular formula is C30H39N9O2. The van der Waals surface area contributed by atoms with E-state index in [-0.39, 0.29) is 5.41 Å². The molecule has 11 nitrogen and oxygen atoms in total. The van der Waals surface area contributed by atoms with E-state index in [2.05, 4.69) is 86.4 Å². The number of piperazine rings is 1. The number of hydrogen-bond donors (Lipinski definition) is 2. The Labute approximate surface area is 240 Å². The average molecular weight is 558 g/mol. The van der Waals surface area contributed by atoms with Crippen LogP contribution in [0, 0.1) is 12.8 Å². The SMILES string of the molecule is Cc1ccc(CNc2cc(C(C)(C)C)on2)cc1Nc1ncnc2cnc(N3CCN(CC4CCOC4)CC3)nc12. The van der Waals surface area contributed by atoms with Crippen LogP contribution in [0.5, 0.6) is 0 Å². The van der Waals surface area contributed by atoms with Gasteiger partial charge in [-0.25, -0.2) is 19.9 Å². The minimum atomic E-state index is -0.0865. The maximum Gasteiger partial charge on any atom is 0.226 e. The molecule has 216 valence electrons. The summed E-state index contributed by atoms with van der Waals surface area (Å²) < 4.78 is 11.1. The summed E-state index contributed by atoms with van der Waals surface area (Å²) in [5, 5.41) is 11.0. The van der Waals surface area contributed by atoms with Crippen LogP contribution in [0.3, 0.4) is 0 Å². The van der Waals surface area contributed by atoms with Crippen molar-refractivity contribution < 1.29 is 9.26 Å². The van der Waals surface area contributed by atoms with Gasteiger partial charge < -0.3 is 24.8 Å². The molecule has 6 rings (SSSR count). The van der Waals surface area contributed by atoms with Crippen LogP contribution in [0.1, 0.15) is 44.1 Å². The first-order chi connectivity index (χ1) is 19.8. The number of anilines is 4. The van der Waals surface area contributed by atoms with Gasteiger partial charge in [-0.3, -0.25) is 4.90 Å². The fraction of sp³-hybridized carbons (Fsp3) is 0.500. The summed E-state index contributed by atoms with van der Waals surface area (Å²) >= 11 is 0. The minimum absolute atomic E-state index is 0.0865. The Kier molecular flexibility index (Phi) is 7.72. The second-order valence-corrected chi connectivity index (χ2v) is 12.1. The third-order valence-corrected chi connectivity index (χ3v) is 7.84. The molecule has 41 heavy (non-hydrogen) atoms. The molecule has 5 heterocycles. The van der Waals surface area contributed by atoms with Gasteiger partial charge in [-0.1, -0.05) is 38.1 Å². The Morgan fingerprint density at radius 3 is 2.66 bits per heavy atom. The van der Waals surface area contributed by atoms with Crippen molar-refractivity contribution in [2.45, 2.75) is 46.1 Å². The molecule has 2 aliphatic heterocycles. The summed E-state index contributed by atoms with van der Waals surface area (Å²) in [5.41, 5.74) is 4.51. The highest BCUT2D eigenvalue weighted by Crippen LogP contribution is 2.28. The predicted octanol–water partition coefficient (Wildman–Crippen LogP) is 4.53. The summed E-state index contributed by atoms with van der Waals surface area (Å²) in [5.74, 6) is 3.62. The van der Waals surface area contributed by atoms with Gasteiger partial charge in [-0.05, 0) is 36.5 Å². The molecule has 4 aromatic rings. The van der Waals surface area contributed by atoms with E-state index >= 15 is 0 Å². The molecule has 1 unspecified atom stereocenters. The van der Waals surface area contributed by atoms with Crippen LogP contribution in [-0.2, 0) is 16.7 Å². The highest BCUT2D eigenvalue weighted by Gasteiger charge is 2.24. The Morgan fingerprint density at radius 1 is 1.05 bits per heavy atom. The first-order valence-corrected chi connectivity index (χ1v) is 14.4. The van der Waals surface area contributed by atoms with E-state index in [0.717, 1.165) is 80.3 Å². The molecule has 1 atom stereocenters. The zero-order chi connectivity index (χ0) is 28.4. The normalized spacial score (nSPS) is 18.2. The lowest BCUT2D eigenvalue weighted by molar-refractivity contribution is 0.164. The molecule has 2 fully saturated rings. The summed E-state index contributed by atoms with van der Waals surface area (Å²) in [4.78, 5) is 23.3. The third kappa shape index (κ3) is 6.41. The number of nitrogens with zero attached hydrogens (tertiary/aromatic N) is 7. The van der Waals surface area contributed by atoms with Crippen LogP contribution in [0.15, 0.2) is 41.3 Å². The molecule has 2 N–H and O–H groups in total. The van der Waals surface area contributed by atoms with Gasteiger partial charge in [0, 0.05) is 63.0 Å². The third-order valence-electron chi connectivity index (χ3n) is 7.84. The van der Waals surface area contributed by atoms with Gasteiger partial charge in [0.05, 0.1) is 12.8 Å². The monoisotopic (exact) mass is 557 g/mol. The summed E-state index contributed by atoms with van der Waals surface area (Å²) in [6, 6.07) is 8.29. The van der Waals surface area contributed by atoms with E-state index in [1.165, 1.54) is 6.42 Å². The highest BCUT2D eigenvalue weighted by molar-refractivity contribution is 5.87. The molecule has 11 heteroatoms. The van der Waals surface area contributed by atoms with Crippen molar-refractivity contribution in [2.24, 2.45) is 5.92 Å². The maximum atomic E-state index is 5.55. The van der Waals surface area contributed by atoms with Crippen molar-refractivity contribution in [1.29, 1.82) is 0 Å². The maximum absolute atomic E-state index is 5.55. The molecular weight excluding hydrogens is 518 g/mol. The fourth-order valence-electron chi connectivity index (χ4n) is 5.26. The topological polar surface area (TPSA) is 117 Å². The summed E-state index contributed by atoms with van der Waals surface area (Å²) in [6.45, 7) is 15.7. The quantitative estimate of drug-likeness (QED) is 0.318. The Bertz CT molecular complexity index is 1490. The smallest absolute Gasteiger partial charge is 0.226 e. The van der Waals surface area contributed by atoms with Gasteiger partial charge >= 0.3 is 0 Å². The van der Waals surface area contributed by atoms with E-state index in [1.54, 1.807) is 12.5 Å². The van der Waals surface area contributed by atoms with Gasteiger partial charge in [0.1, 0.15) is 23.1 Å². The van der Waals surface area contributed by atoms with Gasteiger partial charge in [-0.15, -0.1) is 0 Å². The minimum Gasteiger partial charge on any atom is -0.381 e. The largest absolute Gasteiger partial charge is 0.381 e. The van der Waals surface area contributed by atoms with E-state index in [4.69, 9.17) is 14.2 Å². The zero-order valence-electron chi connectivity index (χ0n) is 24.4. The van der Waals surface area contributed by atoms with Crippen LogP contribution in [0.4, 0.5) is 23.3 Å². The lowest BCUT2D eigenvalue weighted by Gasteiger charge is -2.35. The number of fused-ring (bicyclic) bond motifs is 1. The van der Waals surface area contributed by atoms with Gasteiger partial charge in [0.15, 0.2) is 11.6 Å². The van der Waals surface area contributed by atoms with Gasteiger partial charge in [-0.2, -0.15) is 0 Å². The van der Waals surface area contributed by atoms with Gasteiger partial charge in [0.2, 0.25) is 5.95 Å². The van der Waals surface area contributed by atoms with Crippen molar-refractivity contribution in [3.63, 3.8) is 0 Å². The van der Waals surface area contributed by atoms with Crippen molar-refractivity contribution in [1.82, 2.24) is 30.0 Å². The molecule has 0 radical (unpaired) electrons. The first-order valence-electron chi connectivity index (χ1n) is 14.4. The number of aromatic nitrogens is 5. The lowest BCUT2D eigenvalue weighted by atomic mass is 9.93. The standard InChI is InChI=1S/C30H39N9O2/c1-20-5-6-21(15-31-26-14-25(41-37-26)30(2,3)4)13-23(20)35-28-27-24(33-19-34-28)16-32-29(36-27)39-10-8-38(9-11-39)17-22-7-12-40-18-22/h5-6,13-14,16,19,22H,7-12,15,17-18H2,1-4H3,(H,31,37)(H,33,34,35). The van der Waals surface area contributed by atoms with E-state index in [1.807, 2.05) is 6.07 Å². The number of aryl methyl sites for hydroxylation is 1. The fourth-order valence-corrected chi connectivity index (χ4v) is 5.26. The molecule has 0 bridgehead atoms. The average Bonchev–Trinajstić information content (AvgIpc) is 3.66. The highest BCUT2D eigenvalue weighted by atomic mass is 16.5. The van der Waals surface area contributed by atoms with E-state index in [9.17, 15) is 0 Å². The van der Waals surface area contributed by atoms with E-state index < -0.39 is 0 Å². The second-order valence-electron chi connectivity index (χ2n) is 12.1. The first kappa shape index (κ1) is 27.3. The number of nitrogens with one attached hydrogen (secondary N) is 2. The van der Waals surface area contributed by atoms with Crippen molar-refractivity contribution in [2.75, 3.05) is 61.5 Å². The predicted molar refractivity (Wildman–Crippen MR) is 160 cm³/mol.